The Morgan fingerprint density at radius 1 is 1.03 bits per heavy atom. The first-order valence-corrected chi connectivity index (χ1v) is 10.2. The molecule has 3 aromatic rings. The van der Waals surface area contributed by atoms with Crippen LogP contribution in [0.5, 0.6) is 5.75 Å². The Morgan fingerprint density at radius 3 is 2.34 bits per heavy atom. The van der Waals surface area contributed by atoms with Crippen molar-refractivity contribution < 1.29 is 4.74 Å². The number of nitrogens with zero attached hydrogens (tertiary/aromatic N) is 3. The Kier molecular flexibility index (Phi) is 5.64. The summed E-state index contributed by atoms with van der Waals surface area (Å²) in [6.45, 7) is 0. The number of nitriles is 1. The standard InChI is InChI=1S/C24H20BrN3O/c1-29-21-13-9-17(10-14-21)22-15-23(18-5-3-2-4-6-18)28(27-22)24(16-26)19-7-11-20(25)12-8-19/h2-14,23-24H,15H2,1H3/t23-,24+/m0/s1. The number of ether oxygens (including phenoxy) is 1. The number of hydrazone groups is 1. The molecule has 0 amide bonds. The molecule has 0 saturated carbocycles. The van der Waals surface area contributed by atoms with Gasteiger partial charge in [-0.05, 0) is 53.1 Å². The summed E-state index contributed by atoms with van der Waals surface area (Å²) in [5, 5.41) is 16.9. The van der Waals surface area contributed by atoms with E-state index in [1.165, 1.54) is 0 Å². The van der Waals surface area contributed by atoms with Crippen molar-refractivity contribution in [2.75, 3.05) is 7.11 Å². The Balaban J connectivity index is 1.73. The molecule has 0 unspecified atom stereocenters. The average molecular weight is 446 g/mol. The van der Waals surface area contributed by atoms with Crippen LogP contribution in [0.15, 0.2) is 88.4 Å². The van der Waals surface area contributed by atoms with Gasteiger partial charge in [0.25, 0.3) is 0 Å². The van der Waals surface area contributed by atoms with Gasteiger partial charge >= 0.3 is 0 Å². The molecule has 1 heterocycles. The lowest BCUT2D eigenvalue weighted by atomic mass is 9.97. The zero-order valence-electron chi connectivity index (χ0n) is 16.0. The van der Waals surface area contributed by atoms with Crippen LogP contribution in [-0.4, -0.2) is 17.8 Å². The smallest absolute Gasteiger partial charge is 0.159 e. The molecule has 3 aromatic carbocycles. The molecule has 0 radical (unpaired) electrons. The first-order valence-electron chi connectivity index (χ1n) is 9.40. The summed E-state index contributed by atoms with van der Waals surface area (Å²) < 4.78 is 6.26. The highest BCUT2D eigenvalue weighted by Crippen LogP contribution is 2.39. The fourth-order valence-corrected chi connectivity index (χ4v) is 3.86. The van der Waals surface area contributed by atoms with Crippen molar-refractivity contribution in [2.24, 2.45) is 5.10 Å². The quantitative estimate of drug-likeness (QED) is 0.492. The summed E-state index contributed by atoms with van der Waals surface area (Å²) in [5.41, 5.74) is 4.09. The van der Waals surface area contributed by atoms with Crippen molar-refractivity contribution in [2.45, 2.75) is 18.5 Å². The molecule has 5 heteroatoms. The molecule has 4 nitrogen and oxygen atoms in total. The average Bonchev–Trinajstić information content (AvgIpc) is 3.21. The zero-order chi connectivity index (χ0) is 20.2. The first-order chi connectivity index (χ1) is 14.2. The van der Waals surface area contributed by atoms with E-state index in [0.717, 1.165) is 39.0 Å². The second-order valence-corrected chi connectivity index (χ2v) is 7.78. The zero-order valence-corrected chi connectivity index (χ0v) is 17.6. The summed E-state index contributed by atoms with van der Waals surface area (Å²) in [6, 6.07) is 28.0. The molecular formula is C24H20BrN3O. The topological polar surface area (TPSA) is 48.6 Å². The van der Waals surface area contributed by atoms with E-state index in [4.69, 9.17) is 9.84 Å². The summed E-state index contributed by atoms with van der Waals surface area (Å²) in [7, 11) is 1.66. The summed E-state index contributed by atoms with van der Waals surface area (Å²) in [5.74, 6) is 0.813. The molecule has 29 heavy (non-hydrogen) atoms. The van der Waals surface area contributed by atoms with Crippen LogP contribution >= 0.6 is 15.9 Å². The van der Waals surface area contributed by atoms with E-state index in [2.05, 4.69) is 34.1 Å². The fourth-order valence-electron chi connectivity index (χ4n) is 3.60. The van der Waals surface area contributed by atoms with Crippen LogP contribution in [0.3, 0.4) is 0 Å². The fraction of sp³-hybridized carbons (Fsp3) is 0.167. The SMILES string of the molecule is COc1ccc(C2=NN([C@H](C#N)c3ccc(Br)cc3)[C@H](c3ccccc3)C2)cc1. The molecule has 0 aromatic heterocycles. The molecule has 0 bridgehead atoms. The first kappa shape index (κ1) is 19.2. The third-order valence-electron chi connectivity index (χ3n) is 5.12. The number of hydrogen-bond donors (Lipinski definition) is 0. The second kappa shape index (κ2) is 8.50. The summed E-state index contributed by atoms with van der Waals surface area (Å²) in [6.07, 6.45) is 0.741. The highest BCUT2D eigenvalue weighted by molar-refractivity contribution is 9.10. The summed E-state index contributed by atoms with van der Waals surface area (Å²) in [4.78, 5) is 0. The van der Waals surface area contributed by atoms with Crippen LogP contribution in [0.2, 0.25) is 0 Å². The highest BCUT2D eigenvalue weighted by Gasteiger charge is 2.34. The molecule has 4 rings (SSSR count). The lowest BCUT2D eigenvalue weighted by Gasteiger charge is -2.28. The van der Waals surface area contributed by atoms with Crippen LogP contribution in [0.4, 0.5) is 0 Å². The van der Waals surface area contributed by atoms with Crippen molar-refractivity contribution in [3.63, 3.8) is 0 Å². The van der Waals surface area contributed by atoms with Crippen LogP contribution in [0.25, 0.3) is 0 Å². The molecular weight excluding hydrogens is 426 g/mol. The van der Waals surface area contributed by atoms with Gasteiger partial charge in [0, 0.05) is 10.9 Å². The Morgan fingerprint density at radius 2 is 1.72 bits per heavy atom. The van der Waals surface area contributed by atoms with Gasteiger partial charge in [-0.1, -0.05) is 58.4 Å². The number of halogens is 1. The van der Waals surface area contributed by atoms with E-state index >= 15 is 0 Å². The van der Waals surface area contributed by atoms with Gasteiger partial charge in [0.15, 0.2) is 6.04 Å². The lowest BCUT2D eigenvalue weighted by molar-refractivity contribution is 0.196. The van der Waals surface area contributed by atoms with Gasteiger partial charge in [0.1, 0.15) is 5.75 Å². The highest BCUT2D eigenvalue weighted by atomic mass is 79.9. The third-order valence-corrected chi connectivity index (χ3v) is 5.65. The van der Waals surface area contributed by atoms with E-state index < -0.39 is 6.04 Å². The minimum atomic E-state index is -0.468. The normalized spacial score (nSPS) is 16.8. The van der Waals surface area contributed by atoms with Crippen LogP contribution in [-0.2, 0) is 0 Å². The van der Waals surface area contributed by atoms with Crippen LogP contribution in [0, 0.1) is 11.3 Å². The van der Waals surface area contributed by atoms with Crippen LogP contribution < -0.4 is 4.74 Å². The third kappa shape index (κ3) is 4.03. The van der Waals surface area contributed by atoms with E-state index in [1.807, 2.05) is 71.7 Å². The number of benzene rings is 3. The largest absolute Gasteiger partial charge is 0.497 e. The Bertz CT molecular complexity index is 1040. The molecule has 0 spiro atoms. The van der Waals surface area contributed by atoms with Crippen molar-refractivity contribution in [1.82, 2.24) is 5.01 Å². The van der Waals surface area contributed by atoms with Crippen molar-refractivity contribution >= 4 is 21.6 Å². The van der Waals surface area contributed by atoms with Gasteiger partial charge < -0.3 is 4.74 Å². The second-order valence-electron chi connectivity index (χ2n) is 6.87. The monoisotopic (exact) mass is 445 g/mol. The molecule has 0 saturated heterocycles. The maximum Gasteiger partial charge on any atom is 0.159 e. The van der Waals surface area contributed by atoms with Gasteiger partial charge in [-0.25, -0.2) is 0 Å². The number of hydrogen-bond acceptors (Lipinski definition) is 4. The Labute approximate surface area is 179 Å². The summed E-state index contributed by atoms with van der Waals surface area (Å²) >= 11 is 3.47. The maximum atomic E-state index is 10.0. The van der Waals surface area contributed by atoms with E-state index in [0.29, 0.717) is 0 Å². The predicted molar refractivity (Wildman–Crippen MR) is 118 cm³/mol. The van der Waals surface area contributed by atoms with E-state index in [-0.39, 0.29) is 6.04 Å². The van der Waals surface area contributed by atoms with Gasteiger partial charge in [0.05, 0.1) is 24.9 Å². The Hall–Kier alpha value is -3.10. The van der Waals surface area contributed by atoms with Gasteiger partial charge in [-0.2, -0.15) is 10.4 Å². The molecule has 144 valence electrons. The van der Waals surface area contributed by atoms with E-state index in [9.17, 15) is 5.26 Å². The van der Waals surface area contributed by atoms with E-state index in [1.54, 1.807) is 7.11 Å². The van der Waals surface area contributed by atoms with Gasteiger partial charge in [-0.15, -0.1) is 0 Å². The molecule has 0 N–H and O–H groups in total. The number of rotatable bonds is 5. The lowest BCUT2D eigenvalue weighted by Crippen LogP contribution is -2.24. The number of methoxy groups -OCH3 is 1. The van der Waals surface area contributed by atoms with Crippen molar-refractivity contribution in [1.29, 1.82) is 5.26 Å². The molecule has 2 atom stereocenters. The van der Waals surface area contributed by atoms with Crippen LogP contribution in [0.1, 0.15) is 35.2 Å². The van der Waals surface area contributed by atoms with Gasteiger partial charge in [-0.3, -0.25) is 5.01 Å². The molecule has 1 aliphatic rings. The van der Waals surface area contributed by atoms with Gasteiger partial charge in [0.2, 0.25) is 0 Å². The molecule has 1 aliphatic heterocycles. The minimum Gasteiger partial charge on any atom is -0.497 e. The predicted octanol–water partition coefficient (Wildman–Crippen LogP) is 5.87. The minimum absolute atomic E-state index is 0.00148. The molecule has 0 fully saturated rings. The molecule has 0 aliphatic carbocycles. The van der Waals surface area contributed by atoms with Crippen molar-refractivity contribution in [3.05, 3.63) is 100 Å². The maximum absolute atomic E-state index is 10.0. The van der Waals surface area contributed by atoms with Crippen molar-refractivity contribution in [3.8, 4) is 11.8 Å².